The average Bonchev–Trinajstić information content (AvgIpc) is 2.29. The number of carbonyl (C=O) groups is 1. The largest absolute Gasteiger partial charge is 0.384 e. The van der Waals surface area contributed by atoms with Gasteiger partial charge in [0.05, 0.1) is 12.4 Å². The maximum Gasteiger partial charge on any atom is 0.265 e. The van der Waals surface area contributed by atoms with E-state index in [1.807, 2.05) is 17.7 Å². The molecule has 1 N–H and O–H groups in total. The third-order valence-electron chi connectivity index (χ3n) is 2.65. The third-order valence-corrected chi connectivity index (χ3v) is 3.85. The zero-order valence-electron chi connectivity index (χ0n) is 10.7. The molecule has 0 aromatic heterocycles. The van der Waals surface area contributed by atoms with E-state index in [2.05, 4.69) is 4.74 Å². The number of amides is 1. The van der Waals surface area contributed by atoms with Crippen molar-refractivity contribution in [2.24, 2.45) is 0 Å². The Bertz CT molecular complexity index is 537. The number of aryl methyl sites for hydroxylation is 1. The number of hydrogen-bond donors (Lipinski definition) is 1. The number of methoxy groups -OCH3 is 1. The number of benzene rings is 1. The van der Waals surface area contributed by atoms with Crippen molar-refractivity contribution in [2.75, 3.05) is 19.5 Å². The standard InChI is InChI=1S/C12H17NO4S/c1-9-5-4-6-11(10(9)2)12(14)13-18(15,16)8-7-17-3/h4-6H,7-8H2,1-3H3,(H,13,14). The van der Waals surface area contributed by atoms with Crippen molar-refractivity contribution in [2.45, 2.75) is 13.8 Å². The Morgan fingerprint density at radius 3 is 2.61 bits per heavy atom. The van der Waals surface area contributed by atoms with Gasteiger partial charge in [-0.2, -0.15) is 0 Å². The van der Waals surface area contributed by atoms with Crippen molar-refractivity contribution in [3.8, 4) is 0 Å². The van der Waals surface area contributed by atoms with Gasteiger partial charge in [0, 0.05) is 12.7 Å². The number of hydrogen-bond acceptors (Lipinski definition) is 4. The van der Waals surface area contributed by atoms with E-state index >= 15 is 0 Å². The van der Waals surface area contributed by atoms with Crippen molar-refractivity contribution < 1.29 is 17.9 Å². The number of ether oxygens (including phenoxy) is 1. The molecule has 6 heteroatoms. The molecule has 0 unspecified atom stereocenters. The summed E-state index contributed by atoms with van der Waals surface area (Å²) in [5.41, 5.74) is 2.09. The Hall–Kier alpha value is -1.40. The predicted molar refractivity (Wildman–Crippen MR) is 69.0 cm³/mol. The molecule has 0 bridgehead atoms. The molecule has 100 valence electrons. The quantitative estimate of drug-likeness (QED) is 0.867. The Labute approximate surface area is 107 Å². The van der Waals surface area contributed by atoms with Gasteiger partial charge in [-0.3, -0.25) is 4.79 Å². The van der Waals surface area contributed by atoms with Crippen LogP contribution in [0.1, 0.15) is 21.5 Å². The predicted octanol–water partition coefficient (Wildman–Crippen LogP) is 1.01. The van der Waals surface area contributed by atoms with Crippen LogP contribution in [0.4, 0.5) is 0 Å². The average molecular weight is 271 g/mol. The van der Waals surface area contributed by atoms with Crippen LogP contribution >= 0.6 is 0 Å². The number of nitrogens with one attached hydrogen (secondary N) is 1. The fourth-order valence-corrected chi connectivity index (χ4v) is 2.32. The summed E-state index contributed by atoms with van der Waals surface area (Å²) in [6.45, 7) is 3.70. The second kappa shape index (κ2) is 5.97. The van der Waals surface area contributed by atoms with Crippen LogP contribution < -0.4 is 4.72 Å². The molecule has 0 aliphatic rings. The summed E-state index contributed by atoms with van der Waals surface area (Å²) in [5, 5.41) is 0. The molecule has 1 aromatic rings. The molecule has 0 saturated heterocycles. The van der Waals surface area contributed by atoms with Gasteiger partial charge >= 0.3 is 0 Å². The molecule has 0 aliphatic heterocycles. The van der Waals surface area contributed by atoms with Crippen LogP contribution in [0.2, 0.25) is 0 Å². The first-order chi connectivity index (χ1) is 8.37. The van der Waals surface area contributed by atoms with Gasteiger partial charge in [0.25, 0.3) is 5.91 Å². The first-order valence-corrected chi connectivity index (χ1v) is 7.12. The van der Waals surface area contributed by atoms with Crippen LogP contribution in [-0.4, -0.2) is 33.8 Å². The minimum atomic E-state index is -3.65. The van der Waals surface area contributed by atoms with E-state index in [0.29, 0.717) is 5.56 Å². The fraction of sp³-hybridized carbons (Fsp3) is 0.417. The highest BCUT2D eigenvalue weighted by Gasteiger charge is 2.17. The summed E-state index contributed by atoms with van der Waals surface area (Å²) in [4.78, 5) is 11.9. The van der Waals surface area contributed by atoms with E-state index < -0.39 is 15.9 Å². The van der Waals surface area contributed by atoms with Gasteiger partial charge in [-0.1, -0.05) is 12.1 Å². The number of rotatable bonds is 5. The molecular formula is C12H17NO4S. The summed E-state index contributed by atoms with van der Waals surface area (Å²) < 4.78 is 29.8. The normalized spacial score (nSPS) is 11.3. The van der Waals surface area contributed by atoms with Crippen LogP contribution in [-0.2, 0) is 14.8 Å². The van der Waals surface area contributed by atoms with Crippen LogP contribution in [0.3, 0.4) is 0 Å². The van der Waals surface area contributed by atoms with E-state index in [9.17, 15) is 13.2 Å². The van der Waals surface area contributed by atoms with Gasteiger partial charge in [-0.25, -0.2) is 13.1 Å². The number of carbonyl (C=O) groups excluding carboxylic acids is 1. The lowest BCUT2D eigenvalue weighted by Gasteiger charge is -2.09. The number of sulfonamides is 1. The van der Waals surface area contributed by atoms with Crippen molar-refractivity contribution in [3.63, 3.8) is 0 Å². The molecule has 18 heavy (non-hydrogen) atoms. The van der Waals surface area contributed by atoms with Gasteiger partial charge in [0.15, 0.2) is 0 Å². The molecule has 0 saturated carbocycles. The molecule has 0 fully saturated rings. The topological polar surface area (TPSA) is 72.5 Å². The van der Waals surface area contributed by atoms with Crippen molar-refractivity contribution in [1.82, 2.24) is 4.72 Å². The maximum atomic E-state index is 11.9. The summed E-state index contributed by atoms with van der Waals surface area (Å²) in [5.74, 6) is -0.840. The minimum absolute atomic E-state index is 0.0510. The summed E-state index contributed by atoms with van der Waals surface area (Å²) in [7, 11) is -2.24. The molecule has 5 nitrogen and oxygen atoms in total. The van der Waals surface area contributed by atoms with Crippen molar-refractivity contribution >= 4 is 15.9 Å². The molecule has 0 heterocycles. The lowest BCUT2D eigenvalue weighted by Crippen LogP contribution is -2.34. The zero-order chi connectivity index (χ0) is 13.8. The second-order valence-electron chi connectivity index (χ2n) is 3.99. The van der Waals surface area contributed by atoms with Crippen LogP contribution in [0.25, 0.3) is 0 Å². The molecule has 1 amide bonds. The van der Waals surface area contributed by atoms with Gasteiger partial charge in [-0.05, 0) is 31.0 Å². The highest BCUT2D eigenvalue weighted by Crippen LogP contribution is 2.12. The summed E-state index contributed by atoms with van der Waals surface area (Å²) in [6, 6.07) is 5.19. The van der Waals surface area contributed by atoms with E-state index in [1.165, 1.54) is 7.11 Å². The van der Waals surface area contributed by atoms with Gasteiger partial charge < -0.3 is 4.74 Å². The molecule has 0 spiro atoms. The van der Waals surface area contributed by atoms with Gasteiger partial charge in [0.2, 0.25) is 10.0 Å². The van der Waals surface area contributed by atoms with Gasteiger partial charge in [0.1, 0.15) is 0 Å². The monoisotopic (exact) mass is 271 g/mol. The Morgan fingerprint density at radius 1 is 1.33 bits per heavy atom. The minimum Gasteiger partial charge on any atom is -0.384 e. The molecule has 0 aliphatic carbocycles. The van der Waals surface area contributed by atoms with Crippen LogP contribution in [0, 0.1) is 13.8 Å². The van der Waals surface area contributed by atoms with Gasteiger partial charge in [-0.15, -0.1) is 0 Å². The highest BCUT2D eigenvalue weighted by atomic mass is 32.2. The molecular weight excluding hydrogens is 254 g/mol. The molecule has 1 aromatic carbocycles. The summed E-state index contributed by atoms with van der Waals surface area (Å²) in [6.07, 6.45) is 0. The third kappa shape index (κ3) is 3.82. The molecule has 1 rings (SSSR count). The molecule has 0 atom stereocenters. The Kier molecular flexibility index (Phi) is 4.86. The molecule has 0 radical (unpaired) electrons. The Balaban J connectivity index is 2.86. The second-order valence-corrected chi connectivity index (χ2v) is 5.83. The maximum absolute atomic E-state index is 11.9. The summed E-state index contributed by atoms with van der Waals surface area (Å²) >= 11 is 0. The SMILES string of the molecule is COCCS(=O)(=O)NC(=O)c1cccc(C)c1C. The van der Waals surface area contributed by atoms with Crippen molar-refractivity contribution in [1.29, 1.82) is 0 Å². The van der Waals surface area contributed by atoms with E-state index in [4.69, 9.17) is 0 Å². The highest BCUT2D eigenvalue weighted by molar-refractivity contribution is 7.90. The van der Waals surface area contributed by atoms with Crippen LogP contribution in [0.5, 0.6) is 0 Å². The van der Waals surface area contributed by atoms with Crippen LogP contribution in [0.15, 0.2) is 18.2 Å². The first kappa shape index (κ1) is 14.7. The lowest BCUT2D eigenvalue weighted by atomic mass is 10.0. The van der Waals surface area contributed by atoms with E-state index in [-0.39, 0.29) is 12.4 Å². The fourth-order valence-electron chi connectivity index (χ4n) is 1.44. The zero-order valence-corrected chi connectivity index (χ0v) is 11.5. The lowest BCUT2D eigenvalue weighted by molar-refractivity contribution is 0.0980. The smallest absolute Gasteiger partial charge is 0.265 e. The van der Waals surface area contributed by atoms with Crippen molar-refractivity contribution in [3.05, 3.63) is 34.9 Å². The van der Waals surface area contributed by atoms with E-state index in [1.54, 1.807) is 19.1 Å². The Morgan fingerprint density at radius 2 is 2.00 bits per heavy atom. The first-order valence-electron chi connectivity index (χ1n) is 5.47. The van der Waals surface area contributed by atoms with E-state index in [0.717, 1.165) is 11.1 Å².